The number of rotatable bonds is 0. The summed E-state index contributed by atoms with van der Waals surface area (Å²) in [5.41, 5.74) is 8.89. The molecule has 0 radical (unpaired) electrons. The second-order valence-corrected chi connectivity index (χ2v) is 7.84. The molecule has 0 aliphatic carbocycles. The van der Waals surface area contributed by atoms with Gasteiger partial charge in [0.15, 0.2) is 5.82 Å². The highest BCUT2D eigenvalue weighted by Gasteiger charge is 2.26. The van der Waals surface area contributed by atoms with E-state index in [0.717, 1.165) is 0 Å². The van der Waals surface area contributed by atoms with Crippen LogP contribution in [0, 0.1) is 17.1 Å². The van der Waals surface area contributed by atoms with Crippen molar-refractivity contribution in [1.82, 2.24) is 28.9 Å². The maximum absolute atomic E-state index is 14.2. The predicted octanol–water partition coefficient (Wildman–Crippen LogP) is 2.14. The quantitative estimate of drug-likeness (QED) is 0.438. The van der Waals surface area contributed by atoms with Gasteiger partial charge in [0.25, 0.3) is 5.88 Å². The predicted molar refractivity (Wildman–Crippen MR) is 117 cm³/mol. The first-order valence-electron chi connectivity index (χ1n) is 10.1. The number of hydrogen-bond donors (Lipinski definition) is 1. The van der Waals surface area contributed by atoms with Crippen LogP contribution in [-0.4, -0.2) is 28.9 Å². The van der Waals surface area contributed by atoms with E-state index < -0.39 is 11.9 Å². The number of nitrogen functional groups attached to an aromatic ring is 1. The van der Waals surface area contributed by atoms with Crippen LogP contribution in [0.2, 0.25) is 0 Å². The van der Waals surface area contributed by atoms with Gasteiger partial charge in [0, 0.05) is 31.4 Å². The second-order valence-electron chi connectivity index (χ2n) is 7.84. The van der Waals surface area contributed by atoms with E-state index in [2.05, 4.69) is 21.1 Å². The summed E-state index contributed by atoms with van der Waals surface area (Å²) in [6.45, 7) is 1.80. The summed E-state index contributed by atoms with van der Waals surface area (Å²) in [6, 6.07) is 6.43. The summed E-state index contributed by atoms with van der Waals surface area (Å²) in [6.07, 6.45) is 2.44. The molecular weight excluding hydrogens is 427 g/mol. The number of nitrogens with two attached hydrogens (primary N) is 1. The van der Waals surface area contributed by atoms with E-state index in [1.54, 1.807) is 33.3 Å². The van der Waals surface area contributed by atoms with Crippen LogP contribution < -0.4 is 16.2 Å². The van der Waals surface area contributed by atoms with Crippen LogP contribution in [0.1, 0.15) is 30.0 Å². The van der Waals surface area contributed by atoms with Crippen molar-refractivity contribution >= 4 is 5.82 Å². The fourth-order valence-corrected chi connectivity index (χ4v) is 4.13. The Hall–Kier alpha value is -4.46. The van der Waals surface area contributed by atoms with Crippen molar-refractivity contribution in [2.75, 3.05) is 5.73 Å². The Labute approximate surface area is 187 Å². The van der Waals surface area contributed by atoms with E-state index in [1.807, 2.05) is 0 Å². The van der Waals surface area contributed by atoms with Gasteiger partial charge in [0.1, 0.15) is 23.7 Å². The summed E-state index contributed by atoms with van der Waals surface area (Å²) in [5, 5.41) is 14.3. The molecule has 1 unspecified atom stereocenters. The van der Waals surface area contributed by atoms with Crippen LogP contribution in [0.25, 0.3) is 22.5 Å². The molecule has 0 amide bonds. The Bertz CT molecular complexity index is 1520. The lowest BCUT2D eigenvalue weighted by Gasteiger charge is -2.20. The normalized spacial score (nSPS) is 14.7. The zero-order chi connectivity index (χ0) is 23.4. The fraction of sp³-hybridized carbons (Fsp3) is 0.227. The highest BCUT2D eigenvalue weighted by molar-refractivity contribution is 5.70. The maximum Gasteiger partial charge on any atom is 0.328 e. The van der Waals surface area contributed by atoms with Gasteiger partial charge in [-0.2, -0.15) is 10.4 Å². The van der Waals surface area contributed by atoms with Crippen molar-refractivity contribution in [3.05, 3.63) is 63.8 Å². The minimum Gasteiger partial charge on any atom is -0.467 e. The third kappa shape index (κ3) is 3.15. The molecule has 1 aromatic carbocycles. The fourth-order valence-electron chi connectivity index (χ4n) is 4.13. The lowest BCUT2D eigenvalue weighted by molar-refractivity contribution is 0.218. The molecular formula is C22H19FN8O2. The van der Waals surface area contributed by atoms with Gasteiger partial charge in [-0.3, -0.25) is 9.25 Å². The van der Waals surface area contributed by atoms with Crippen LogP contribution in [0.15, 0.2) is 35.4 Å². The SMILES string of the molecule is CC1Oc2nc(cnc2N)-c2c(nn(C)c2C#N)Cn2c(cn(C)c2=O)-c2ccc(F)cc21. The second kappa shape index (κ2) is 7.30. The molecule has 2 N–H and O–H groups in total. The molecule has 4 aromatic rings. The lowest BCUT2D eigenvalue weighted by Crippen LogP contribution is -2.24. The van der Waals surface area contributed by atoms with Crippen molar-refractivity contribution in [2.24, 2.45) is 14.1 Å². The van der Waals surface area contributed by atoms with Crippen LogP contribution in [0.3, 0.4) is 0 Å². The van der Waals surface area contributed by atoms with Gasteiger partial charge in [-0.25, -0.2) is 19.2 Å². The Morgan fingerprint density at radius 3 is 2.88 bits per heavy atom. The maximum atomic E-state index is 14.2. The van der Waals surface area contributed by atoms with Gasteiger partial charge in [-0.15, -0.1) is 0 Å². The first-order chi connectivity index (χ1) is 15.8. The van der Waals surface area contributed by atoms with Crippen LogP contribution in [0.5, 0.6) is 5.88 Å². The van der Waals surface area contributed by atoms with Crippen LogP contribution in [0.4, 0.5) is 10.2 Å². The number of nitriles is 1. The molecule has 10 nitrogen and oxygen atoms in total. The molecule has 2 bridgehead atoms. The molecule has 4 heterocycles. The molecule has 3 aromatic heterocycles. The van der Waals surface area contributed by atoms with E-state index in [-0.39, 0.29) is 29.6 Å². The van der Waals surface area contributed by atoms with E-state index in [0.29, 0.717) is 33.8 Å². The van der Waals surface area contributed by atoms with Gasteiger partial charge < -0.3 is 15.0 Å². The summed E-state index contributed by atoms with van der Waals surface area (Å²) >= 11 is 0. The third-order valence-electron chi connectivity index (χ3n) is 5.71. The number of aryl methyl sites for hydroxylation is 2. The first-order valence-corrected chi connectivity index (χ1v) is 10.1. The minimum absolute atomic E-state index is 0.0555. The number of fused-ring (bicyclic) bond motifs is 7. The lowest BCUT2D eigenvalue weighted by atomic mass is 10.00. The topological polar surface area (TPSA) is 130 Å². The number of anilines is 1. The number of imidazole rings is 1. The van der Waals surface area contributed by atoms with Crippen molar-refractivity contribution in [3.63, 3.8) is 0 Å². The van der Waals surface area contributed by atoms with Gasteiger partial charge >= 0.3 is 5.69 Å². The first kappa shape index (κ1) is 20.4. The van der Waals surface area contributed by atoms with Gasteiger partial charge in [-0.05, 0) is 25.1 Å². The number of aromatic nitrogens is 6. The molecule has 5 rings (SSSR count). The highest BCUT2D eigenvalue weighted by atomic mass is 19.1. The Kier molecular flexibility index (Phi) is 4.52. The van der Waals surface area contributed by atoms with Crippen LogP contribution >= 0.6 is 0 Å². The molecule has 166 valence electrons. The Morgan fingerprint density at radius 1 is 1.33 bits per heavy atom. The van der Waals surface area contributed by atoms with Crippen LogP contribution in [-0.2, 0) is 20.6 Å². The number of halogens is 1. The van der Waals surface area contributed by atoms with Gasteiger partial charge in [0.2, 0.25) is 0 Å². The standard InChI is InChI=1S/C22H19FN8O2/c1-11-14-6-12(23)4-5-13(14)18-10-29(2)22(32)31(18)9-16-19(17(7-24)30(3)28-16)15-8-26-20(25)21(27-15)33-11/h4-6,8,10-11H,9H2,1-3H3,(H2,25,26). The third-order valence-corrected chi connectivity index (χ3v) is 5.71. The average molecular weight is 446 g/mol. The number of ether oxygens (including phenoxy) is 1. The van der Waals surface area contributed by atoms with E-state index in [4.69, 9.17) is 10.5 Å². The summed E-state index contributed by atoms with van der Waals surface area (Å²) in [5.74, 6) is -0.333. The Morgan fingerprint density at radius 2 is 2.12 bits per heavy atom. The number of nitrogens with zero attached hydrogens (tertiary/aromatic N) is 7. The monoisotopic (exact) mass is 446 g/mol. The minimum atomic E-state index is -0.672. The molecule has 33 heavy (non-hydrogen) atoms. The molecule has 11 heteroatoms. The zero-order valence-corrected chi connectivity index (χ0v) is 18.1. The van der Waals surface area contributed by atoms with E-state index >= 15 is 0 Å². The molecule has 1 aliphatic rings. The zero-order valence-electron chi connectivity index (χ0n) is 18.1. The van der Waals surface area contributed by atoms with Gasteiger partial charge in [0.05, 0.1) is 35.4 Å². The number of benzene rings is 1. The molecule has 0 saturated carbocycles. The van der Waals surface area contributed by atoms with Gasteiger partial charge in [-0.1, -0.05) is 0 Å². The van der Waals surface area contributed by atoms with E-state index in [9.17, 15) is 14.4 Å². The summed E-state index contributed by atoms with van der Waals surface area (Å²) in [4.78, 5) is 21.7. The molecule has 1 atom stereocenters. The average Bonchev–Trinajstić information content (AvgIpc) is 3.25. The van der Waals surface area contributed by atoms with Crippen molar-refractivity contribution in [2.45, 2.75) is 19.6 Å². The summed E-state index contributed by atoms with van der Waals surface area (Å²) in [7, 11) is 3.28. The Balaban J connectivity index is 1.88. The van der Waals surface area contributed by atoms with Crippen molar-refractivity contribution in [3.8, 4) is 34.5 Å². The largest absolute Gasteiger partial charge is 0.467 e. The molecule has 0 spiro atoms. The molecule has 1 aliphatic heterocycles. The van der Waals surface area contributed by atoms with E-state index in [1.165, 1.54) is 32.1 Å². The smallest absolute Gasteiger partial charge is 0.328 e. The molecule has 0 fully saturated rings. The van der Waals surface area contributed by atoms with Crippen molar-refractivity contribution in [1.29, 1.82) is 5.26 Å². The van der Waals surface area contributed by atoms with Crippen molar-refractivity contribution < 1.29 is 9.13 Å². The molecule has 0 saturated heterocycles. The number of hydrogen-bond acceptors (Lipinski definition) is 7. The summed E-state index contributed by atoms with van der Waals surface area (Å²) < 4.78 is 24.7. The highest BCUT2D eigenvalue weighted by Crippen LogP contribution is 2.35.